The number of hydrogen-bond acceptors (Lipinski definition) is 4. The Balaban J connectivity index is 1.99. The summed E-state index contributed by atoms with van der Waals surface area (Å²) in [4.78, 5) is 16.2. The molecule has 110 valence electrons. The molecule has 0 aliphatic heterocycles. The number of para-hydroxylation sites is 1. The van der Waals surface area contributed by atoms with Crippen LogP contribution in [0.15, 0.2) is 60.4 Å². The molecule has 0 bridgehead atoms. The van der Waals surface area contributed by atoms with E-state index in [-0.39, 0.29) is 5.57 Å². The minimum Gasteiger partial charge on any atom is -0.384 e. The van der Waals surface area contributed by atoms with E-state index in [4.69, 9.17) is 5.26 Å². The largest absolute Gasteiger partial charge is 0.384 e. The Hall–Kier alpha value is -3.13. The number of nitriles is 1. The van der Waals surface area contributed by atoms with Gasteiger partial charge < -0.3 is 10.6 Å². The van der Waals surface area contributed by atoms with Gasteiger partial charge in [0.15, 0.2) is 0 Å². The summed E-state index contributed by atoms with van der Waals surface area (Å²) in [5.74, 6) is -0.440. The molecule has 0 aliphatic carbocycles. The van der Waals surface area contributed by atoms with Gasteiger partial charge in [0.2, 0.25) is 0 Å². The van der Waals surface area contributed by atoms with E-state index >= 15 is 0 Å². The Morgan fingerprint density at radius 2 is 2.05 bits per heavy atom. The van der Waals surface area contributed by atoms with Crippen LogP contribution in [-0.2, 0) is 11.3 Å². The van der Waals surface area contributed by atoms with Crippen LogP contribution in [0.1, 0.15) is 11.3 Å². The highest BCUT2D eigenvalue weighted by atomic mass is 16.1. The molecule has 1 aromatic carbocycles. The van der Waals surface area contributed by atoms with Gasteiger partial charge in [-0.25, -0.2) is 0 Å². The number of hydrogen-bond donors (Lipinski definition) is 2. The molecule has 5 heteroatoms. The van der Waals surface area contributed by atoms with E-state index in [9.17, 15) is 4.79 Å². The molecule has 0 spiro atoms. The van der Waals surface area contributed by atoms with E-state index in [1.807, 2.05) is 49.4 Å². The van der Waals surface area contributed by atoms with E-state index in [0.29, 0.717) is 12.2 Å². The predicted molar refractivity (Wildman–Crippen MR) is 84.6 cm³/mol. The molecule has 0 aliphatic rings. The Morgan fingerprint density at radius 3 is 2.73 bits per heavy atom. The van der Waals surface area contributed by atoms with Crippen molar-refractivity contribution in [3.63, 3.8) is 0 Å². The Bertz CT molecular complexity index is 717. The van der Waals surface area contributed by atoms with Crippen LogP contribution in [0.2, 0.25) is 0 Å². The van der Waals surface area contributed by atoms with Gasteiger partial charge in [-0.3, -0.25) is 9.78 Å². The third-order valence-corrected chi connectivity index (χ3v) is 3.01. The van der Waals surface area contributed by atoms with Crippen molar-refractivity contribution in [3.05, 3.63) is 71.7 Å². The smallest absolute Gasteiger partial charge is 0.267 e. The maximum Gasteiger partial charge on any atom is 0.267 e. The lowest BCUT2D eigenvalue weighted by atomic mass is 10.2. The fraction of sp³-hybridized carbons (Fsp3) is 0.118. The number of aryl methyl sites for hydroxylation is 1. The van der Waals surface area contributed by atoms with Gasteiger partial charge in [-0.15, -0.1) is 0 Å². The van der Waals surface area contributed by atoms with Crippen LogP contribution >= 0.6 is 0 Å². The maximum atomic E-state index is 12.1. The number of nitrogens with zero attached hydrogens (tertiary/aromatic N) is 2. The molecule has 1 amide bonds. The van der Waals surface area contributed by atoms with E-state index in [1.54, 1.807) is 12.3 Å². The molecule has 1 heterocycles. The first-order valence-corrected chi connectivity index (χ1v) is 6.81. The number of rotatable bonds is 5. The van der Waals surface area contributed by atoms with Crippen molar-refractivity contribution in [1.29, 1.82) is 5.26 Å². The number of aromatic nitrogens is 1. The zero-order valence-corrected chi connectivity index (χ0v) is 12.2. The number of amides is 1. The van der Waals surface area contributed by atoms with Crippen molar-refractivity contribution in [2.75, 3.05) is 5.32 Å². The second-order valence-corrected chi connectivity index (χ2v) is 4.64. The summed E-state index contributed by atoms with van der Waals surface area (Å²) >= 11 is 0. The monoisotopic (exact) mass is 292 g/mol. The first kappa shape index (κ1) is 15.3. The maximum absolute atomic E-state index is 12.1. The van der Waals surface area contributed by atoms with Crippen LogP contribution in [0.5, 0.6) is 0 Å². The van der Waals surface area contributed by atoms with Crippen molar-refractivity contribution in [2.24, 2.45) is 0 Å². The first-order valence-electron chi connectivity index (χ1n) is 6.81. The highest BCUT2D eigenvalue weighted by Gasteiger charge is 2.10. The second kappa shape index (κ2) is 7.60. The zero-order valence-electron chi connectivity index (χ0n) is 12.2. The molecule has 2 N–H and O–H groups in total. The number of anilines is 1. The molecule has 0 fully saturated rings. The third-order valence-electron chi connectivity index (χ3n) is 3.01. The van der Waals surface area contributed by atoms with Crippen LogP contribution in [0.4, 0.5) is 5.69 Å². The van der Waals surface area contributed by atoms with E-state index < -0.39 is 5.91 Å². The molecular formula is C17H16N4O. The summed E-state index contributed by atoms with van der Waals surface area (Å²) in [5.41, 5.74) is 2.47. The standard InChI is InChI=1S/C17H16N4O/c1-13-6-2-3-8-16(13)21-17(22)14(10-18)11-19-12-15-7-4-5-9-20-15/h2-9,11,19H,12H2,1H3,(H,21,22)/b14-11-. The lowest BCUT2D eigenvalue weighted by Crippen LogP contribution is -2.17. The zero-order chi connectivity index (χ0) is 15.8. The molecule has 0 unspecified atom stereocenters. The molecular weight excluding hydrogens is 276 g/mol. The average Bonchev–Trinajstić information content (AvgIpc) is 2.54. The number of pyridine rings is 1. The third kappa shape index (κ3) is 4.18. The summed E-state index contributed by atoms with van der Waals surface area (Å²) in [6, 6.07) is 14.9. The molecule has 22 heavy (non-hydrogen) atoms. The van der Waals surface area contributed by atoms with Crippen molar-refractivity contribution in [3.8, 4) is 6.07 Å². The summed E-state index contributed by atoms with van der Waals surface area (Å²) in [5, 5.41) is 14.8. The van der Waals surface area contributed by atoms with Crippen molar-refractivity contribution >= 4 is 11.6 Å². The predicted octanol–water partition coefficient (Wildman–Crippen LogP) is 2.53. The topological polar surface area (TPSA) is 77.8 Å². The van der Waals surface area contributed by atoms with Crippen LogP contribution in [0, 0.1) is 18.3 Å². The van der Waals surface area contributed by atoms with Gasteiger partial charge >= 0.3 is 0 Å². The number of carbonyl (C=O) groups is 1. The van der Waals surface area contributed by atoms with Crippen molar-refractivity contribution in [2.45, 2.75) is 13.5 Å². The van der Waals surface area contributed by atoms with Gasteiger partial charge in [-0.2, -0.15) is 5.26 Å². The molecule has 2 rings (SSSR count). The highest BCUT2D eigenvalue weighted by Crippen LogP contribution is 2.13. The van der Waals surface area contributed by atoms with Gasteiger partial charge in [-0.05, 0) is 30.7 Å². The fourth-order valence-corrected chi connectivity index (χ4v) is 1.81. The molecule has 2 aromatic rings. The van der Waals surface area contributed by atoms with Crippen LogP contribution in [0.3, 0.4) is 0 Å². The normalized spacial score (nSPS) is 10.6. The Labute approximate surface area is 129 Å². The summed E-state index contributed by atoms with van der Waals surface area (Å²) < 4.78 is 0. The van der Waals surface area contributed by atoms with Crippen LogP contribution in [0.25, 0.3) is 0 Å². The number of carbonyl (C=O) groups excluding carboxylic acids is 1. The Morgan fingerprint density at radius 1 is 1.27 bits per heavy atom. The summed E-state index contributed by atoms with van der Waals surface area (Å²) in [6.07, 6.45) is 3.10. The van der Waals surface area contributed by atoms with Crippen LogP contribution in [-0.4, -0.2) is 10.9 Å². The van der Waals surface area contributed by atoms with Crippen molar-refractivity contribution in [1.82, 2.24) is 10.3 Å². The Kier molecular flexibility index (Phi) is 5.27. The van der Waals surface area contributed by atoms with Gasteiger partial charge in [0.05, 0.1) is 12.2 Å². The average molecular weight is 292 g/mol. The molecule has 0 atom stereocenters. The number of benzene rings is 1. The molecule has 0 radical (unpaired) electrons. The van der Waals surface area contributed by atoms with Crippen LogP contribution < -0.4 is 10.6 Å². The molecule has 0 saturated carbocycles. The fourth-order valence-electron chi connectivity index (χ4n) is 1.81. The SMILES string of the molecule is Cc1ccccc1NC(=O)/C(C#N)=C\NCc1ccccn1. The van der Waals surface area contributed by atoms with Gasteiger partial charge in [0.25, 0.3) is 5.91 Å². The molecule has 5 nitrogen and oxygen atoms in total. The quantitative estimate of drug-likeness (QED) is 0.655. The molecule has 0 saturated heterocycles. The van der Waals surface area contributed by atoms with Gasteiger partial charge in [-0.1, -0.05) is 24.3 Å². The van der Waals surface area contributed by atoms with E-state index in [2.05, 4.69) is 15.6 Å². The van der Waals surface area contributed by atoms with Gasteiger partial charge in [0.1, 0.15) is 11.6 Å². The minimum atomic E-state index is -0.440. The van der Waals surface area contributed by atoms with E-state index in [1.165, 1.54) is 6.20 Å². The second-order valence-electron chi connectivity index (χ2n) is 4.64. The highest BCUT2D eigenvalue weighted by molar-refractivity contribution is 6.06. The lowest BCUT2D eigenvalue weighted by molar-refractivity contribution is -0.112. The minimum absolute atomic E-state index is 0.0131. The first-order chi connectivity index (χ1) is 10.7. The summed E-state index contributed by atoms with van der Waals surface area (Å²) in [6.45, 7) is 2.34. The van der Waals surface area contributed by atoms with Crippen molar-refractivity contribution < 1.29 is 4.79 Å². The number of nitrogens with one attached hydrogen (secondary N) is 2. The lowest BCUT2D eigenvalue weighted by Gasteiger charge is -2.07. The van der Waals surface area contributed by atoms with Gasteiger partial charge in [0, 0.05) is 18.1 Å². The van der Waals surface area contributed by atoms with E-state index in [0.717, 1.165) is 11.3 Å². The summed E-state index contributed by atoms with van der Waals surface area (Å²) in [7, 11) is 0. The molecule has 1 aromatic heterocycles.